The monoisotopic (exact) mass is 299 g/mol. The highest BCUT2D eigenvalue weighted by atomic mass is 16.7. The number of hydrogen-bond donors (Lipinski definition) is 1. The summed E-state index contributed by atoms with van der Waals surface area (Å²) in [5.74, 6) is 1.97. The first-order valence-corrected chi connectivity index (χ1v) is 6.99. The molecule has 5 heteroatoms. The van der Waals surface area contributed by atoms with Crippen LogP contribution in [0.5, 0.6) is 17.2 Å². The van der Waals surface area contributed by atoms with E-state index in [9.17, 15) is 4.79 Å². The normalized spacial score (nSPS) is 12.1. The molecule has 0 unspecified atom stereocenters. The molecule has 0 saturated heterocycles. The third-order valence-electron chi connectivity index (χ3n) is 3.55. The number of hydrogen-bond acceptors (Lipinski definition) is 4. The second-order valence-electron chi connectivity index (χ2n) is 5.05. The van der Waals surface area contributed by atoms with E-state index in [1.54, 1.807) is 25.3 Å². The molecule has 0 bridgehead atoms. The second-order valence-corrected chi connectivity index (χ2v) is 5.05. The zero-order valence-electron chi connectivity index (χ0n) is 12.5. The minimum absolute atomic E-state index is 0.147. The number of benzene rings is 2. The number of amides is 1. The predicted molar refractivity (Wildman–Crippen MR) is 81.5 cm³/mol. The van der Waals surface area contributed by atoms with E-state index < -0.39 is 0 Å². The molecule has 1 heterocycles. The summed E-state index contributed by atoms with van der Waals surface area (Å²) >= 11 is 0. The highest BCUT2D eigenvalue weighted by Gasteiger charge is 2.16. The van der Waals surface area contributed by atoms with E-state index in [1.807, 2.05) is 25.1 Å². The maximum absolute atomic E-state index is 12.2. The van der Waals surface area contributed by atoms with Crippen LogP contribution >= 0.6 is 0 Å². The van der Waals surface area contributed by atoms with Gasteiger partial charge in [0.15, 0.2) is 11.5 Å². The van der Waals surface area contributed by atoms with Crippen molar-refractivity contribution in [3.8, 4) is 17.2 Å². The van der Waals surface area contributed by atoms with Crippen molar-refractivity contribution in [1.29, 1.82) is 0 Å². The van der Waals surface area contributed by atoms with E-state index in [2.05, 4.69) is 5.32 Å². The Kier molecular flexibility index (Phi) is 3.87. The lowest BCUT2D eigenvalue weighted by Gasteiger charge is -2.09. The van der Waals surface area contributed by atoms with Gasteiger partial charge in [-0.1, -0.05) is 12.1 Å². The van der Waals surface area contributed by atoms with Crippen LogP contribution in [-0.2, 0) is 6.54 Å². The number of aryl methyl sites for hydroxylation is 1. The molecular weight excluding hydrogens is 282 g/mol. The molecule has 0 fully saturated rings. The van der Waals surface area contributed by atoms with Gasteiger partial charge in [-0.2, -0.15) is 0 Å². The molecule has 0 radical (unpaired) electrons. The maximum atomic E-state index is 12.2. The van der Waals surface area contributed by atoms with Crippen LogP contribution in [0.3, 0.4) is 0 Å². The molecule has 3 rings (SSSR count). The summed E-state index contributed by atoms with van der Waals surface area (Å²) in [6.45, 7) is 2.63. The van der Waals surface area contributed by atoms with Crippen LogP contribution in [-0.4, -0.2) is 19.8 Å². The van der Waals surface area contributed by atoms with Gasteiger partial charge >= 0.3 is 0 Å². The Morgan fingerprint density at radius 3 is 2.77 bits per heavy atom. The average molecular weight is 299 g/mol. The Morgan fingerprint density at radius 2 is 2.00 bits per heavy atom. The Morgan fingerprint density at radius 1 is 1.18 bits per heavy atom. The fourth-order valence-electron chi connectivity index (χ4n) is 2.37. The molecule has 1 aliphatic rings. The number of carbonyl (C=O) groups is 1. The number of ether oxygens (including phenoxy) is 3. The van der Waals surface area contributed by atoms with Gasteiger partial charge in [-0.05, 0) is 42.3 Å². The van der Waals surface area contributed by atoms with E-state index in [0.29, 0.717) is 23.6 Å². The zero-order valence-corrected chi connectivity index (χ0v) is 12.5. The third kappa shape index (κ3) is 2.83. The molecule has 1 amide bonds. The summed E-state index contributed by atoms with van der Waals surface area (Å²) in [6, 6.07) is 11.0. The minimum atomic E-state index is -0.147. The molecule has 0 saturated carbocycles. The Balaban J connectivity index is 1.66. The van der Waals surface area contributed by atoms with Gasteiger partial charge in [-0.15, -0.1) is 0 Å². The number of nitrogens with one attached hydrogen (secondary N) is 1. The fraction of sp³-hybridized carbons (Fsp3) is 0.235. The molecule has 0 aliphatic carbocycles. The number of rotatable bonds is 4. The average Bonchev–Trinajstić information content (AvgIpc) is 3.00. The van der Waals surface area contributed by atoms with Crippen LogP contribution in [0.2, 0.25) is 0 Å². The van der Waals surface area contributed by atoms with Crippen LogP contribution in [0.15, 0.2) is 36.4 Å². The predicted octanol–water partition coefficient (Wildman–Crippen LogP) is 2.66. The first-order valence-electron chi connectivity index (χ1n) is 6.99. The summed E-state index contributed by atoms with van der Waals surface area (Å²) in [5, 5.41) is 2.89. The first-order chi connectivity index (χ1) is 10.7. The number of methoxy groups -OCH3 is 1. The van der Waals surface area contributed by atoms with Crippen molar-refractivity contribution in [2.45, 2.75) is 13.5 Å². The van der Waals surface area contributed by atoms with Crippen molar-refractivity contribution in [2.24, 2.45) is 0 Å². The van der Waals surface area contributed by atoms with E-state index in [0.717, 1.165) is 16.9 Å². The third-order valence-corrected chi connectivity index (χ3v) is 3.55. The Bertz CT molecular complexity index is 712. The number of fused-ring (bicyclic) bond motifs is 1. The van der Waals surface area contributed by atoms with Crippen LogP contribution in [0.4, 0.5) is 0 Å². The van der Waals surface area contributed by atoms with Gasteiger partial charge in [0.05, 0.1) is 7.11 Å². The molecule has 22 heavy (non-hydrogen) atoms. The van der Waals surface area contributed by atoms with E-state index >= 15 is 0 Å². The molecular formula is C17H17NO4. The Labute approximate surface area is 128 Å². The van der Waals surface area contributed by atoms with Gasteiger partial charge in [0, 0.05) is 12.1 Å². The topological polar surface area (TPSA) is 56.8 Å². The smallest absolute Gasteiger partial charge is 0.251 e. The van der Waals surface area contributed by atoms with Crippen molar-refractivity contribution in [2.75, 3.05) is 13.9 Å². The van der Waals surface area contributed by atoms with Gasteiger partial charge in [-0.25, -0.2) is 0 Å². The second kappa shape index (κ2) is 5.97. The first kappa shape index (κ1) is 14.3. The molecule has 2 aromatic carbocycles. The van der Waals surface area contributed by atoms with Crippen molar-refractivity contribution in [1.82, 2.24) is 5.32 Å². The lowest BCUT2D eigenvalue weighted by atomic mass is 10.1. The standard InChI is InChI=1S/C17H17NO4/c1-11-7-12(3-5-14(11)20-2)9-18-17(19)13-4-6-15-16(8-13)22-10-21-15/h3-8H,9-10H2,1-2H3,(H,18,19). The molecule has 2 aromatic rings. The van der Waals surface area contributed by atoms with E-state index in [1.165, 1.54) is 0 Å². The minimum Gasteiger partial charge on any atom is -0.496 e. The summed E-state index contributed by atoms with van der Waals surface area (Å²) < 4.78 is 15.7. The molecule has 114 valence electrons. The van der Waals surface area contributed by atoms with Crippen molar-refractivity contribution in [3.05, 3.63) is 53.1 Å². The fourth-order valence-corrected chi connectivity index (χ4v) is 2.37. The molecule has 0 aromatic heterocycles. The highest BCUT2D eigenvalue weighted by Crippen LogP contribution is 2.32. The van der Waals surface area contributed by atoms with Crippen LogP contribution < -0.4 is 19.5 Å². The lowest BCUT2D eigenvalue weighted by molar-refractivity contribution is 0.0950. The molecule has 1 N–H and O–H groups in total. The van der Waals surface area contributed by atoms with E-state index in [-0.39, 0.29) is 12.7 Å². The van der Waals surface area contributed by atoms with Crippen molar-refractivity contribution in [3.63, 3.8) is 0 Å². The summed E-state index contributed by atoms with van der Waals surface area (Å²) in [6.07, 6.45) is 0. The van der Waals surface area contributed by atoms with Gasteiger partial charge in [0.2, 0.25) is 6.79 Å². The lowest BCUT2D eigenvalue weighted by Crippen LogP contribution is -2.22. The summed E-state index contributed by atoms with van der Waals surface area (Å²) in [7, 11) is 1.64. The molecule has 5 nitrogen and oxygen atoms in total. The van der Waals surface area contributed by atoms with Gasteiger partial charge in [-0.3, -0.25) is 4.79 Å². The molecule has 1 aliphatic heterocycles. The van der Waals surface area contributed by atoms with Gasteiger partial charge in [0.25, 0.3) is 5.91 Å². The van der Waals surface area contributed by atoms with E-state index in [4.69, 9.17) is 14.2 Å². The Hall–Kier alpha value is -2.69. The van der Waals surface area contributed by atoms with Crippen molar-refractivity contribution < 1.29 is 19.0 Å². The zero-order chi connectivity index (χ0) is 15.5. The van der Waals surface area contributed by atoms with Gasteiger partial charge in [0.1, 0.15) is 5.75 Å². The largest absolute Gasteiger partial charge is 0.496 e. The van der Waals surface area contributed by atoms with Gasteiger partial charge < -0.3 is 19.5 Å². The summed E-state index contributed by atoms with van der Waals surface area (Å²) in [5.41, 5.74) is 2.61. The molecule has 0 spiro atoms. The summed E-state index contributed by atoms with van der Waals surface area (Å²) in [4.78, 5) is 12.2. The molecule has 0 atom stereocenters. The highest BCUT2D eigenvalue weighted by molar-refractivity contribution is 5.94. The SMILES string of the molecule is COc1ccc(CNC(=O)c2ccc3c(c2)OCO3)cc1C. The van der Waals surface area contributed by atoms with Crippen LogP contribution in [0, 0.1) is 6.92 Å². The van der Waals surface area contributed by atoms with Crippen LogP contribution in [0.1, 0.15) is 21.5 Å². The van der Waals surface area contributed by atoms with Crippen LogP contribution in [0.25, 0.3) is 0 Å². The quantitative estimate of drug-likeness (QED) is 0.943. The van der Waals surface area contributed by atoms with Crippen molar-refractivity contribution >= 4 is 5.91 Å². The maximum Gasteiger partial charge on any atom is 0.251 e. The number of carbonyl (C=O) groups excluding carboxylic acids is 1.